The summed E-state index contributed by atoms with van der Waals surface area (Å²) in [7, 11) is 0. The molecule has 0 aliphatic carbocycles. The van der Waals surface area contributed by atoms with Crippen LogP contribution in [0.25, 0.3) is 5.69 Å². The number of para-hydroxylation sites is 1. The fourth-order valence-electron chi connectivity index (χ4n) is 1.91. The van der Waals surface area contributed by atoms with Gasteiger partial charge >= 0.3 is 0 Å². The van der Waals surface area contributed by atoms with Gasteiger partial charge in [-0.25, -0.2) is 4.68 Å². The second kappa shape index (κ2) is 4.30. The van der Waals surface area contributed by atoms with Crippen molar-refractivity contribution >= 4 is 11.6 Å². The Balaban J connectivity index is 2.56. The monoisotopic (exact) mass is 234 g/mol. The van der Waals surface area contributed by atoms with E-state index in [0.29, 0.717) is 5.92 Å². The van der Waals surface area contributed by atoms with Crippen molar-refractivity contribution in [1.82, 2.24) is 9.78 Å². The molecule has 16 heavy (non-hydrogen) atoms. The van der Waals surface area contributed by atoms with Crippen molar-refractivity contribution in [2.45, 2.75) is 26.7 Å². The lowest BCUT2D eigenvalue weighted by Gasteiger charge is -2.05. The topological polar surface area (TPSA) is 17.8 Å². The van der Waals surface area contributed by atoms with E-state index in [-0.39, 0.29) is 0 Å². The minimum atomic E-state index is 0.393. The van der Waals surface area contributed by atoms with Crippen LogP contribution in [0, 0.1) is 6.92 Å². The Labute approximate surface area is 101 Å². The molecule has 0 atom stereocenters. The third-order valence-electron chi connectivity index (χ3n) is 2.63. The molecule has 2 aromatic rings. The highest BCUT2D eigenvalue weighted by molar-refractivity contribution is 6.30. The van der Waals surface area contributed by atoms with Gasteiger partial charge in [0.2, 0.25) is 0 Å². The zero-order chi connectivity index (χ0) is 11.7. The third-order valence-corrected chi connectivity index (χ3v) is 2.99. The van der Waals surface area contributed by atoms with Crippen LogP contribution in [0.5, 0.6) is 0 Å². The highest BCUT2D eigenvalue weighted by Gasteiger charge is 2.16. The van der Waals surface area contributed by atoms with Gasteiger partial charge in [-0.05, 0) is 25.0 Å². The number of nitrogens with zero attached hydrogens (tertiary/aromatic N) is 2. The summed E-state index contributed by atoms with van der Waals surface area (Å²) in [5.74, 6) is 0.393. The van der Waals surface area contributed by atoms with Crippen LogP contribution in [0.4, 0.5) is 0 Å². The Bertz CT molecular complexity index is 486. The zero-order valence-electron chi connectivity index (χ0n) is 9.74. The number of hydrogen-bond acceptors (Lipinski definition) is 1. The fraction of sp³-hybridized carbons (Fsp3) is 0.308. The van der Waals surface area contributed by atoms with Crippen LogP contribution < -0.4 is 0 Å². The molecule has 1 aromatic carbocycles. The highest BCUT2D eigenvalue weighted by Crippen LogP contribution is 2.29. The molecular formula is C13H15ClN2. The molecule has 3 heteroatoms. The van der Waals surface area contributed by atoms with E-state index in [9.17, 15) is 0 Å². The fourth-order valence-corrected chi connectivity index (χ4v) is 2.40. The predicted octanol–water partition coefficient (Wildman–Crippen LogP) is 3.96. The van der Waals surface area contributed by atoms with Gasteiger partial charge in [0.15, 0.2) is 0 Å². The first-order valence-electron chi connectivity index (χ1n) is 5.41. The summed E-state index contributed by atoms with van der Waals surface area (Å²) in [6.07, 6.45) is 0. The van der Waals surface area contributed by atoms with Crippen LogP contribution >= 0.6 is 11.6 Å². The molecule has 84 valence electrons. The molecule has 0 saturated carbocycles. The summed E-state index contributed by atoms with van der Waals surface area (Å²) in [6.45, 7) is 6.26. The van der Waals surface area contributed by atoms with Gasteiger partial charge in [0.05, 0.1) is 11.4 Å². The van der Waals surface area contributed by atoms with Crippen molar-refractivity contribution in [2.24, 2.45) is 0 Å². The normalized spacial score (nSPS) is 11.1. The van der Waals surface area contributed by atoms with Gasteiger partial charge in [0, 0.05) is 5.56 Å². The molecule has 0 unspecified atom stereocenters. The number of aryl methyl sites for hydroxylation is 1. The van der Waals surface area contributed by atoms with Crippen LogP contribution in [-0.2, 0) is 0 Å². The van der Waals surface area contributed by atoms with Crippen LogP contribution in [0.3, 0.4) is 0 Å². The standard InChI is InChI=1S/C13H15ClN2/c1-9(2)12-10(3)15-16(13(12)14)11-7-5-4-6-8-11/h4-9H,1-3H3. The van der Waals surface area contributed by atoms with Gasteiger partial charge in [-0.2, -0.15) is 5.10 Å². The van der Waals surface area contributed by atoms with Gasteiger partial charge in [-0.15, -0.1) is 0 Å². The third kappa shape index (κ3) is 1.85. The van der Waals surface area contributed by atoms with E-state index in [1.807, 2.05) is 37.3 Å². The molecule has 0 amide bonds. The van der Waals surface area contributed by atoms with Gasteiger partial charge in [-0.3, -0.25) is 0 Å². The second-order valence-electron chi connectivity index (χ2n) is 4.19. The summed E-state index contributed by atoms with van der Waals surface area (Å²) in [5.41, 5.74) is 3.14. The Morgan fingerprint density at radius 2 is 1.81 bits per heavy atom. The summed E-state index contributed by atoms with van der Waals surface area (Å²) >= 11 is 6.36. The minimum Gasteiger partial charge on any atom is -0.222 e. The van der Waals surface area contributed by atoms with Gasteiger partial charge < -0.3 is 0 Å². The van der Waals surface area contributed by atoms with Crippen molar-refractivity contribution in [3.8, 4) is 5.69 Å². The second-order valence-corrected chi connectivity index (χ2v) is 4.55. The maximum absolute atomic E-state index is 6.36. The first-order valence-corrected chi connectivity index (χ1v) is 5.79. The van der Waals surface area contributed by atoms with Gasteiger partial charge in [0.1, 0.15) is 5.15 Å². The maximum Gasteiger partial charge on any atom is 0.136 e. The molecule has 2 nitrogen and oxygen atoms in total. The first-order chi connectivity index (χ1) is 7.61. The van der Waals surface area contributed by atoms with Crippen molar-refractivity contribution in [2.75, 3.05) is 0 Å². The Morgan fingerprint density at radius 1 is 1.19 bits per heavy atom. The van der Waals surface area contributed by atoms with Crippen LogP contribution in [0.1, 0.15) is 31.0 Å². The molecular weight excluding hydrogens is 220 g/mol. The van der Waals surface area contributed by atoms with Crippen molar-refractivity contribution in [1.29, 1.82) is 0 Å². The summed E-state index contributed by atoms with van der Waals surface area (Å²) in [5, 5.41) is 5.21. The van der Waals surface area contributed by atoms with Crippen molar-refractivity contribution < 1.29 is 0 Å². The molecule has 0 N–H and O–H groups in total. The minimum absolute atomic E-state index is 0.393. The molecule has 1 aromatic heterocycles. The van der Waals surface area contributed by atoms with Crippen LogP contribution in [0.2, 0.25) is 5.15 Å². The molecule has 0 aliphatic heterocycles. The number of hydrogen-bond donors (Lipinski definition) is 0. The molecule has 1 heterocycles. The summed E-state index contributed by atoms with van der Waals surface area (Å²) in [4.78, 5) is 0. The van der Waals surface area contributed by atoms with Gasteiger partial charge in [-0.1, -0.05) is 43.6 Å². The Hall–Kier alpha value is -1.28. The zero-order valence-corrected chi connectivity index (χ0v) is 10.5. The van der Waals surface area contributed by atoms with Crippen molar-refractivity contribution in [3.63, 3.8) is 0 Å². The van der Waals surface area contributed by atoms with E-state index in [0.717, 1.165) is 22.1 Å². The molecule has 0 spiro atoms. The quantitative estimate of drug-likeness (QED) is 0.769. The lowest BCUT2D eigenvalue weighted by atomic mass is 10.1. The van der Waals surface area contributed by atoms with E-state index in [1.165, 1.54) is 0 Å². The van der Waals surface area contributed by atoms with E-state index in [4.69, 9.17) is 11.6 Å². The number of benzene rings is 1. The molecule has 0 saturated heterocycles. The molecule has 0 bridgehead atoms. The van der Waals surface area contributed by atoms with Crippen molar-refractivity contribution in [3.05, 3.63) is 46.7 Å². The maximum atomic E-state index is 6.36. The van der Waals surface area contributed by atoms with E-state index in [1.54, 1.807) is 4.68 Å². The van der Waals surface area contributed by atoms with Crippen LogP contribution in [0.15, 0.2) is 30.3 Å². The summed E-state index contributed by atoms with van der Waals surface area (Å²) < 4.78 is 1.80. The largest absolute Gasteiger partial charge is 0.222 e. The highest BCUT2D eigenvalue weighted by atomic mass is 35.5. The smallest absolute Gasteiger partial charge is 0.136 e. The molecule has 0 fully saturated rings. The van der Waals surface area contributed by atoms with E-state index < -0.39 is 0 Å². The van der Waals surface area contributed by atoms with E-state index >= 15 is 0 Å². The van der Waals surface area contributed by atoms with E-state index in [2.05, 4.69) is 18.9 Å². The average molecular weight is 235 g/mol. The lowest BCUT2D eigenvalue weighted by molar-refractivity contribution is 0.857. The molecule has 0 radical (unpaired) electrons. The first kappa shape index (κ1) is 11.2. The average Bonchev–Trinajstić information content (AvgIpc) is 2.55. The van der Waals surface area contributed by atoms with Gasteiger partial charge in [0.25, 0.3) is 0 Å². The lowest BCUT2D eigenvalue weighted by Crippen LogP contribution is -1.96. The number of halogens is 1. The number of rotatable bonds is 2. The summed E-state index contributed by atoms with van der Waals surface area (Å²) in [6, 6.07) is 9.96. The molecule has 0 aliphatic rings. The SMILES string of the molecule is Cc1nn(-c2ccccc2)c(Cl)c1C(C)C. The predicted molar refractivity (Wildman–Crippen MR) is 67.4 cm³/mol. The number of aromatic nitrogens is 2. The van der Waals surface area contributed by atoms with Crippen LogP contribution in [-0.4, -0.2) is 9.78 Å². The Kier molecular flexibility index (Phi) is 3.01. The molecule has 2 rings (SSSR count). The Morgan fingerprint density at radius 3 is 2.31 bits per heavy atom.